The number of fused-ring (bicyclic) bond motifs is 2. The number of aromatic nitrogens is 1. The van der Waals surface area contributed by atoms with Crippen LogP contribution < -0.4 is 34.7 Å². The number of benzene rings is 1. The molecular formula is C16H15N2NaO2. The quantitative estimate of drug-likeness (QED) is 0.606. The van der Waals surface area contributed by atoms with Crippen molar-refractivity contribution in [2.75, 3.05) is 13.6 Å². The molecule has 0 unspecified atom stereocenters. The maximum Gasteiger partial charge on any atom is 1.00 e. The summed E-state index contributed by atoms with van der Waals surface area (Å²) in [5, 5.41) is 12.5. The van der Waals surface area contributed by atoms with Crippen molar-refractivity contribution < 1.29 is 39.5 Å². The molecule has 0 spiro atoms. The van der Waals surface area contributed by atoms with E-state index in [-0.39, 0.29) is 35.6 Å². The Labute approximate surface area is 145 Å². The standard InChI is InChI=1S/C16H16N2O2.Na/c1-18-8-10(16(19)20)5-12-11-3-2-4-13-15(11)9(7-17-13)6-14(12)18;/h2-5,7,10,14,17H,6,8H2,1H3,(H,19,20);/q;+1/p-1/t10-,14-;/m1./s1. The molecule has 1 aliphatic carbocycles. The molecule has 5 heteroatoms. The normalized spacial score (nSPS) is 24.1. The first-order valence-corrected chi connectivity index (χ1v) is 6.87. The summed E-state index contributed by atoms with van der Waals surface area (Å²) in [4.78, 5) is 16.7. The molecule has 0 saturated heterocycles. The van der Waals surface area contributed by atoms with Crippen LogP contribution >= 0.6 is 0 Å². The summed E-state index contributed by atoms with van der Waals surface area (Å²) in [6.45, 7) is 0.520. The molecule has 1 aromatic heterocycles. The third-order valence-corrected chi connectivity index (χ3v) is 4.57. The van der Waals surface area contributed by atoms with E-state index in [1.54, 1.807) is 0 Å². The average molecular weight is 290 g/mol. The molecule has 21 heavy (non-hydrogen) atoms. The van der Waals surface area contributed by atoms with Crippen molar-refractivity contribution in [2.45, 2.75) is 12.5 Å². The molecule has 2 atom stereocenters. The van der Waals surface area contributed by atoms with E-state index in [1.165, 1.54) is 10.9 Å². The Kier molecular flexibility index (Phi) is 3.74. The molecule has 2 aromatic rings. The average Bonchev–Trinajstić information content (AvgIpc) is 2.84. The van der Waals surface area contributed by atoms with Crippen LogP contribution in [0.3, 0.4) is 0 Å². The van der Waals surface area contributed by atoms with Gasteiger partial charge in [0.05, 0.1) is 0 Å². The first-order chi connectivity index (χ1) is 9.65. The number of likely N-dealkylation sites (N-methyl/N-ethyl adjacent to an activating group) is 1. The minimum atomic E-state index is -0.991. The van der Waals surface area contributed by atoms with Gasteiger partial charge in [-0.1, -0.05) is 18.2 Å². The van der Waals surface area contributed by atoms with Crippen LogP contribution in [0.25, 0.3) is 16.5 Å². The van der Waals surface area contributed by atoms with Crippen molar-refractivity contribution >= 4 is 22.4 Å². The smallest absolute Gasteiger partial charge is 0.549 e. The molecule has 0 radical (unpaired) electrons. The van der Waals surface area contributed by atoms with Crippen LogP contribution in [0.2, 0.25) is 0 Å². The third kappa shape index (κ3) is 2.18. The van der Waals surface area contributed by atoms with Crippen molar-refractivity contribution in [3.8, 4) is 0 Å². The van der Waals surface area contributed by atoms with Crippen LogP contribution in [0.15, 0.2) is 30.5 Å². The number of nitrogens with zero attached hydrogens (tertiary/aromatic N) is 1. The fraction of sp³-hybridized carbons (Fsp3) is 0.312. The van der Waals surface area contributed by atoms with Gasteiger partial charge in [0.25, 0.3) is 0 Å². The molecule has 0 bridgehead atoms. The first-order valence-electron chi connectivity index (χ1n) is 6.87. The van der Waals surface area contributed by atoms with Gasteiger partial charge in [-0.25, -0.2) is 0 Å². The van der Waals surface area contributed by atoms with Gasteiger partial charge in [0.1, 0.15) is 0 Å². The zero-order chi connectivity index (χ0) is 13.9. The maximum absolute atomic E-state index is 11.2. The van der Waals surface area contributed by atoms with E-state index < -0.39 is 11.9 Å². The topological polar surface area (TPSA) is 59.2 Å². The Hall–Kier alpha value is -1.07. The second-order valence-corrected chi connectivity index (χ2v) is 5.75. The van der Waals surface area contributed by atoms with Gasteiger partial charge in [-0.05, 0) is 36.2 Å². The summed E-state index contributed by atoms with van der Waals surface area (Å²) in [7, 11) is 1.99. The van der Waals surface area contributed by atoms with Crippen LogP contribution in [-0.2, 0) is 11.2 Å². The number of carboxylic acid groups (broad SMARTS) is 1. The zero-order valence-electron chi connectivity index (χ0n) is 12.2. The molecule has 1 aliphatic heterocycles. The second kappa shape index (κ2) is 5.29. The van der Waals surface area contributed by atoms with E-state index >= 15 is 0 Å². The molecule has 4 rings (SSSR count). The number of rotatable bonds is 1. The van der Waals surface area contributed by atoms with E-state index in [9.17, 15) is 9.90 Å². The van der Waals surface area contributed by atoms with Gasteiger partial charge in [-0.2, -0.15) is 0 Å². The van der Waals surface area contributed by atoms with Gasteiger partial charge in [-0.15, -0.1) is 0 Å². The van der Waals surface area contributed by atoms with Gasteiger partial charge in [0.15, 0.2) is 0 Å². The van der Waals surface area contributed by atoms with Gasteiger partial charge in [0, 0.05) is 41.6 Å². The monoisotopic (exact) mass is 290 g/mol. The van der Waals surface area contributed by atoms with Crippen molar-refractivity contribution in [2.24, 2.45) is 5.92 Å². The molecule has 0 amide bonds. The number of hydrogen-bond donors (Lipinski definition) is 1. The van der Waals surface area contributed by atoms with E-state index in [2.05, 4.69) is 28.2 Å². The Bertz CT molecular complexity index is 750. The molecule has 0 fully saturated rings. The number of aromatic amines is 1. The summed E-state index contributed by atoms with van der Waals surface area (Å²) in [5.74, 6) is -1.52. The number of aliphatic carboxylic acids is 1. The number of carboxylic acids is 1. The fourth-order valence-electron chi connectivity index (χ4n) is 3.60. The van der Waals surface area contributed by atoms with Crippen LogP contribution in [-0.4, -0.2) is 35.5 Å². The van der Waals surface area contributed by atoms with Crippen molar-refractivity contribution in [1.82, 2.24) is 9.88 Å². The summed E-state index contributed by atoms with van der Waals surface area (Å²) in [5.41, 5.74) is 4.73. The Balaban J connectivity index is 0.00000132. The van der Waals surface area contributed by atoms with E-state index in [0.29, 0.717) is 6.54 Å². The van der Waals surface area contributed by atoms with Gasteiger partial charge in [0.2, 0.25) is 0 Å². The summed E-state index contributed by atoms with van der Waals surface area (Å²) >= 11 is 0. The minimum Gasteiger partial charge on any atom is -0.549 e. The Morgan fingerprint density at radius 1 is 1.43 bits per heavy atom. The molecular weight excluding hydrogens is 275 g/mol. The number of nitrogens with one attached hydrogen (secondary N) is 1. The fourth-order valence-corrected chi connectivity index (χ4v) is 3.60. The van der Waals surface area contributed by atoms with Crippen molar-refractivity contribution in [1.29, 1.82) is 0 Å². The van der Waals surface area contributed by atoms with E-state index in [4.69, 9.17) is 0 Å². The van der Waals surface area contributed by atoms with Crippen molar-refractivity contribution in [3.05, 3.63) is 41.6 Å². The third-order valence-electron chi connectivity index (χ3n) is 4.57. The predicted octanol–water partition coefficient (Wildman–Crippen LogP) is -2.21. The number of carbonyl (C=O) groups is 1. The first kappa shape index (κ1) is 14.9. The Morgan fingerprint density at radius 2 is 2.24 bits per heavy atom. The summed E-state index contributed by atoms with van der Waals surface area (Å²) in [6, 6.07) is 6.43. The van der Waals surface area contributed by atoms with Crippen LogP contribution in [0.4, 0.5) is 0 Å². The molecule has 1 N–H and O–H groups in total. The van der Waals surface area contributed by atoms with E-state index in [0.717, 1.165) is 23.1 Å². The summed E-state index contributed by atoms with van der Waals surface area (Å²) in [6.07, 6.45) is 4.90. The number of carbonyl (C=O) groups excluding carboxylic acids is 1. The van der Waals surface area contributed by atoms with Crippen LogP contribution in [0, 0.1) is 5.92 Å². The van der Waals surface area contributed by atoms with Gasteiger partial charge in [-0.3, -0.25) is 4.90 Å². The molecule has 102 valence electrons. The van der Waals surface area contributed by atoms with E-state index in [1.807, 2.05) is 19.2 Å². The maximum atomic E-state index is 11.2. The SMILES string of the molecule is CN1C[C@H](C(=O)[O-])C=C2c3cccc4[nH]cc(c34)C[C@H]21.[Na+]. The van der Waals surface area contributed by atoms with Crippen LogP contribution in [0.5, 0.6) is 0 Å². The largest absolute Gasteiger partial charge is 1.00 e. The Morgan fingerprint density at radius 3 is 3.00 bits per heavy atom. The van der Waals surface area contributed by atoms with Gasteiger partial charge >= 0.3 is 29.6 Å². The molecule has 2 heterocycles. The molecule has 4 nitrogen and oxygen atoms in total. The number of H-pyrrole nitrogens is 1. The predicted molar refractivity (Wildman–Crippen MR) is 74.9 cm³/mol. The van der Waals surface area contributed by atoms with Crippen molar-refractivity contribution in [3.63, 3.8) is 0 Å². The molecule has 0 saturated carbocycles. The molecule has 2 aliphatic rings. The minimum absolute atomic E-state index is 0. The molecule has 1 aromatic carbocycles. The van der Waals surface area contributed by atoms with Crippen LogP contribution in [0.1, 0.15) is 11.1 Å². The summed E-state index contributed by atoms with van der Waals surface area (Å²) < 4.78 is 0. The van der Waals surface area contributed by atoms with Gasteiger partial charge < -0.3 is 14.9 Å². The second-order valence-electron chi connectivity index (χ2n) is 5.75. The zero-order valence-corrected chi connectivity index (χ0v) is 14.2. The number of hydrogen-bond acceptors (Lipinski definition) is 3.